The summed E-state index contributed by atoms with van der Waals surface area (Å²) in [5.74, 6) is -0.482. The van der Waals surface area contributed by atoms with Crippen molar-refractivity contribution >= 4 is 39.1 Å². The van der Waals surface area contributed by atoms with E-state index >= 15 is 0 Å². The van der Waals surface area contributed by atoms with Crippen molar-refractivity contribution in [3.63, 3.8) is 0 Å². The Bertz CT molecular complexity index is 962. The first-order valence-electron chi connectivity index (χ1n) is 8.39. The van der Waals surface area contributed by atoms with E-state index in [0.717, 1.165) is 12.1 Å². The molecule has 0 unspecified atom stereocenters. The third kappa shape index (κ3) is 4.57. The van der Waals surface area contributed by atoms with Crippen LogP contribution in [0.5, 0.6) is 5.75 Å². The summed E-state index contributed by atoms with van der Waals surface area (Å²) in [6, 6.07) is 9.53. The van der Waals surface area contributed by atoms with Gasteiger partial charge in [0.15, 0.2) is 6.61 Å². The molecular formula is C18H17Cl2FN2O4S. The molecule has 2 aromatic rings. The summed E-state index contributed by atoms with van der Waals surface area (Å²) in [6.45, 7) is 0.509. The van der Waals surface area contributed by atoms with Crippen LogP contribution in [0.3, 0.4) is 0 Å². The first kappa shape index (κ1) is 20.9. The van der Waals surface area contributed by atoms with Crippen LogP contribution in [-0.2, 0) is 14.8 Å². The maximum atomic E-state index is 13.0. The van der Waals surface area contributed by atoms with Gasteiger partial charge in [0.25, 0.3) is 5.91 Å². The zero-order chi connectivity index (χ0) is 20.3. The third-order valence-corrected chi connectivity index (χ3v) is 7.02. The van der Waals surface area contributed by atoms with Crippen LogP contribution >= 0.6 is 23.2 Å². The molecule has 1 fully saturated rings. The average Bonchev–Trinajstić information content (AvgIpc) is 2.69. The van der Waals surface area contributed by atoms with Crippen molar-refractivity contribution < 1.29 is 22.3 Å². The van der Waals surface area contributed by atoms with Crippen LogP contribution in [0.15, 0.2) is 47.4 Å². The lowest BCUT2D eigenvalue weighted by atomic mass is 10.3. The second kappa shape index (κ2) is 8.65. The van der Waals surface area contributed by atoms with E-state index < -0.39 is 15.8 Å². The van der Waals surface area contributed by atoms with Crippen LogP contribution in [0.25, 0.3) is 0 Å². The van der Waals surface area contributed by atoms with Crippen molar-refractivity contribution in [1.82, 2.24) is 9.21 Å². The van der Waals surface area contributed by atoms with Gasteiger partial charge in [0, 0.05) is 26.2 Å². The van der Waals surface area contributed by atoms with Crippen LogP contribution in [-0.4, -0.2) is 56.3 Å². The lowest BCUT2D eigenvalue weighted by Gasteiger charge is -2.34. The standard InChI is InChI=1S/C18H17Cl2FN2O4S/c19-15-2-1-3-16(18(15)20)27-12-17(24)22-8-10-23(11-9-22)28(25,26)14-6-4-13(21)5-7-14/h1-7H,8-12H2. The van der Waals surface area contributed by atoms with Gasteiger partial charge in [-0.25, -0.2) is 12.8 Å². The Hall–Kier alpha value is -1.87. The van der Waals surface area contributed by atoms with E-state index in [2.05, 4.69) is 0 Å². The molecule has 1 saturated heterocycles. The molecule has 2 aromatic carbocycles. The van der Waals surface area contributed by atoms with Gasteiger partial charge in [-0.05, 0) is 36.4 Å². The SMILES string of the molecule is O=C(COc1cccc(Cl)c1Cl)N1CCN(S(=O)(=O)c2ccc(F)cc2)CC1. The van der Waals surface area contributed by atoms with E-state index in [1.54, 1.807) is 18.2 Å². The molecule has 0 N–H and O–H groups in total. The molecular weight excluding hydrogens is 430 g/mol. The number of halogens is 3. The van der Waals surface area contributed by atoms with Crippen LogP contribution in [0.1, 0.15) is 0 Å². The number of hydrogen-bond acceptors (Lipinski definition) is 4. The molecule has 0 radical (unpaired) electrons. The summed E-state index contributed by atoms with van der Waals surface area (Å²) in [5, 5.41) is 0.554. The van der Waals surface area contributed by atoms with Gasteiger partial charge in [0.1, 0.15) is 16.6 Å². The van der Waals surface area contributed by atoms with Gasteiger partial charge in [-0.2, -0.15) is 4.31 Å². The van der Waals surface area contributed by atoms with Gasteiger partial charge in [0.05, 0.1) is 9.92 Å². The van der Waals surface area contributed by atoms with Crippen LogP contribution in [0.2, 0.25) is 10.0 Å². The zero-order valence-electron chi connectivity index (χ0n) is 14.6. The highest BCUT2D eigenvalue weighted by Crippen LogP contribution is 2.31. The van der Waals surface area contributed by atoms with Crippen LogP contribution in [0.4, 0.5) is 4.39 Å². The van der Waals surface area contributed by atoms with E-state index in [4.69, 9.17) is 27.9 Å². The van der Waals surface area contributed by atoms with Gasteiger partial charge in [0.2, 0.25) is 10.0 Å². The predicted octanol–water partition coefficient (Wildman–Crippen LogP) is 3.04. The number of ether oxygens (including phenoxy) is 1. The molecule has 6 nitrogen and oxygen atoms in total. The maximum Gasteiger partial charge on any atom is 0.260 e. The number of hydrogen-bond donors (Lipinski definition) is 0. The molecule has 1 aliphatic heterocycles. The largest absolute Gasteiger partial charge is 0.482 e. The second-order valence-electron chi connectivity index (χ2n) is 6.08. The smallest absolute Gasteiger partial charge is 0.260 e. The summed E-state index contributed by atoms with van der Waals surface area (Å²) < 4.78 is 44.9. The molecule has 150 valence electrons. The molecule has 0 atom stereocenters. The summed E-state index contributed by atoms with van der Waals surface area (Å²) in [6.07, 6.45) is 0. The molecule has 10 heteroatoms. The summed E-state index contributed by atoms with van der Waals surface area (Å²) >= 11 is 11.9. The number of benzene rings is 2. The number of sulfonamides is 1. The number of carbonyl (C=O) groups excluding carboxylic acids is 1. The number of carbonyl (C=O) groups is 1. The molecule has 0 aliphatic carbocycles. The highest BCUT2D eigenvalue weighted by Gasteiger charge is 2.30. The van der Waals surface area contributed by atoms with E-state index in [-0.39, 0.29) is 48.6 Å². The van der Waals surface area contributed by atoms with Crippen LogP contribution < -0.4 is 4.74 Å². The molecule has 3 rings (SSSR count). The molecule has 0 saturated carbocycles. The lowest BCUT2D eigenvalue weighted by molar-refractivity contribution is -0.134. The molecule has 1 amide bonds. The van der Waals surface area contributed by atoms with E-state index in [0.29, 0.717) is 10.8 Å². The highest BCUT2D eigenvalue weighted by molar-refractivity contribution is 7.89. The third-order valence-electron chi connectivity index (χ3n) is 4.31. The molecule has 1 aliphatic rings. The van der Waals surface area contributed by atoms with E-state index in [1.165, 1.54) is 21.3 Å². The fourth-order valence-electron chi connectivity index (χ4n) is 2.76. The molecule has 0 aromatic heterocycles. The minimum atomic E-state index is -3.73. The van der Waals surface area contributed by atoms with Crippen molar-refractivity contribution in [3.8, 4) is 5.75 Å². The molecule has 28 heavy (non-hydrogen) atoms. The number of rotatable bonds is 5. The Morgan fingerprint density at radius 2 is 1.68 bits per heavy atom. The number of piperazine rings is 1. The normalized spacial score (nSPS) is 15.5. The lowest BCUT2D eigenvalue weighted by Crippen LogP contribution is -2.51. The van der Waals surface area contributed by atoms with E-state index in [1.807, 2.05) is 0 Å². The second-order valence-corrected chi connectivity index (χ2v) is 8.80. The predicted molar refractivity (Wildman–Crippen MR) is 104 cm³/mol. The van der Waals surface area contributed by atoms with Gasteiger partial charge >= 0.3 is 0 Å². The molecule has 0 spiro atoms. The minimum Gasteiger partial charge on any atom is -0.482 e. The fourth-order valence-corrected chi connectivity index (χ4v) is 4.53. The first-order chi connectivity index (χ1) is 13.3. The minimum absolute atomic E-state index is 0.0209. The number of nitrogens with zero attached hydrogens (tertiary/aromatic N) is 2. The van der Waals surface area contributed by atoms with E-state index in [9.17, 15) is 17.6 Å². The molecule has 0 bridgehead atoms. The quantitative estimate of drug-likeness (QED) is 0.707. The highest BCUT2D eigenvalue weighted by atomic mass is 35.5. The van der Waals surface area contributed by atoms with Crippen molar-refractivity contribution in [2.24, 2.45) is 0 Å². The summed E-state index contributed by atoms with van der Waals surface area (Å²) in [4.78, 5) is 13.9. The fraction of sp³-hybridized carbons (Fsp3) is 0.278. The topological polar surface area (TPSA) is 66.9 Å². The van der Waals surface area contributed by atoms with Crippen LogP contribution in [0, 0.1) is 5.82 Å². The van der Waals surface area contributed by atoms with Crippen molar-refractivity contribution in [2.75, 3.05) is 32.8 Å². The Labute approximate surface area is 172 Å². The maximum absolute atomic E-state index is 13.0. The molecule has 1 heterocycles. The Morgan fingerprint density at radius 1 is 1.04 bits per heavy atom. The summed E-state index contributed by atoms with van der Waals surface area (Å²) in [5.41, 5.74) is 0. The van der Waals surface area contributed by atoms with Crippen molar-refractivity contribution in [3.05, 3.63) is 58.3 Å². The number of amides is 1. The van der Waals surface area contributed by atoms with Gasteiger partial charge in [-0.3, -0.25) is 4.79 Å². The Morgan fingerprint density at radius 3 is 2.32 bits per heavy atom. The Kier molecular flexibility index (Phi) is 6.44. The van der Waals surface area contributed by atoms with Gasteiger partial charge < -0.3 is 9.64 Å². The first-order valence-corrected chi connectivity index (χ1v) is 10.6. The van der Waals surface area contributed by atoms with Gasteiger partial charge in [-0.1, -0.05) is 29.3 Å². The van der Waals surface area contributed by atoms with Crippen molar-refractivity contribution in [2.45, 2.75) is 4.90 Å². The Balaban J connectivity index is 1.56. The average molecular weight is 447 g/mol. The summed E-state index contributed by atoms with van der Waals surface area (Å²) in [7, 11) is -3.73. The zero-order valence-corrected chi connectivity index (χ0v) is 17.0. The van der Waals surface area contributed by atoms with Gasteiger partial charge in [-0.15, -0.1) is 0 Å². The monoisotopic (exact) mass is 446 g/mol. The van der Waals surface area contributed by atoms with Crippen molar-refractivity contribution in [1.29, 1.82) is 0 Å².